The van der Waals surface area contributed by atoms with Crippen molar-refractivity contribution in [3.63, 3.8) is 0 Å². The minimum atomic E-state index is -1.96. The summed E-state index contributed by atoms with van der Waals surface area (Å²) >= 11 is 0. The van der Waals surface area contributed by atoms with Crippen LogP contribution in [0.3, 0.4) is 0 Å². The predicted molar refractivity (Wildman–Crippen MR) is 98.6 cm³/mol. The van der Waals surface area contributed by atoms with Crippen LogP contribution in [0.5, 0.6) is 11.5 Å². The van der Waals surface area contributed by atoms with Gasteiger partial charge in [0.15, 0.2) is 29.3 Å². The molecule has 32 heavy (non-hydrogen) atoms. The number of rotatable bonds is 7. The van der Waals surface area contributed by atoms with Gasteiger partial charge < -0.3 is 9.47 Å². The van der Waals surface area contributed by atoms with Crippen molar-refractivity contribution in [2.45, 2.75) is 51.2 Å². The maximum Gasteiger partial charge on any atom is 0.273 e. The van der Waals surface area contributed by atoms with Crippen molar-refractivity contribution in [1.29, 1.82) is 5.26 Å². The summed E-state index contributed by atoms with van der Waals surface area (Å²) in [6, 6.07) is 1.44. The molecule has 1 fully saturated rings. The van der Waals surface area contributed by atoms with E-state index in [1.807, 2.05) is 0 Å². The highest BCUT2D eigenvalue weighted by atomic mass is 19.2. The number of halogens is 4. The second-order valence-electron chi connectivity index (χ2n) is 7.20. The van der Waals surface area contributed by atoms with Crippen molar-refractivity contribution in [3.05, 3.63) is 35.7 Å². The molecule has 170 valence electrons. The highest BCUT2D eigenvalue weighted by Gasteiger charge is 2.36. The van der Waals surface area contributed by atoms with E-state index in [-0.39, 0.29) is 0 Å². The van der Waals surface area contributed by atoms with Crippen LogP contribution in [-0.4, -0.2) is 38.9 Å². The van der Waals surface area contributed by atoms with Gasteiger partial charge in [-0.2, -0.15) is 27.5 Å². The topological polar surface area (TPSA) is 107 Å². The normalized spacial score (nSPS) is 16.1. The van der Waals surface area contributed by atoms with Crippen molar-refractivity contribution in [2.75, 3.05) is 0 Å². The zero-order valence-electron chi connectivity index (χ0n) is 16.9. The van der Waals surface area contributed by atoms with Gasteiger partial charge in [0.05, 0.1) is 24.6 Å². The van der Waals surface area contributed by atoms with E-state index in [0.29, 0.717) is 17.5 Å². The van der Waals surface area contributed by atoms with E-state index in [2.05, 4.69) is 10.3 Å². The molecule has 2 atom stereocenters. The molecule has 3 rings (SSSR count). The molecular weight excluding hydrogens is 436 g/mol. The minimum absolute atomic E-state index is 0.487. The number of carbonyl (C=O) groups excluding carboxylic acids is 2. The number of nitrogens with zero attached hydrogens (tertiary/aromatic N) is 4. The molecule has 8 nitrogen and oxygen atoms in total. The van der Waals surface area contributed by atoms with Gasteiger partial charge in [-0.25, -0.2) is 0 Å². The first kappa shape index (κ1) is 23.2. The Morgan fingerprint density at radius 1 is 1.09 bits per heavy atom. The van der Waals surface area contributed by atoms with E-state index in [1.165, 1.54) is 6.07 Å². The van der Waals surface area contributed by atoms with Crippen molar-refractivity contribution < 1.29 is 36.6 Å². The van der Waals surface area contributed by atoms with E-state index in [4.69, 9.17) is 9.47 Å². The molecule has 1 heterocycles. The number of Topliss-reactive ketones (excluding diaryl/α,β-unsaturated/α-hetero) is 1. The van der Waals surface area contributed by atoms with Gasteiger partial charge in [-0.3, -0.25) is 9.59 Å². The smallest absolute Gasteiger partial charge is 0.273 e. The number of benzene rings is 1. The summed E-state index contributed by atoms with van der Waals surface area (Å²) in [7, 11) is 0. The number of ether oxygens (including phenoxy) is 2. The van der Waals surface area contributed by atoms with Gasteiger partial charge in [0.2, 0.25) is 23.3 Å². The van der Waals surface area contributed by atoms with Gasteiger partial charge in [0.1, 0.15) is 0 Å². The van der Waals surface area contributed by atoms with Crippen LogP contribution in [0.2, 0.25) is 0 Å². The molecule has 2 aromatic rings. The Balaban J connectivity index is 1.82. The van der Waals surface area contributed by atoms with Crippen LogP contribution in [0.4, 0.5) is 17.6 Å². The Morgan fingerprint density at radius 3 is 2.22 bits per heavy atom. The van der Waals surface area contributed by atoms with Crippen molar-refractivity contribution in [3.8, 4) is 17.6 Å². The molecule has 0 saturated heterocycles. The zero-order valence-corrected chi connectivity index (χ0v) is 16.9. The van der Waals surface area contributed by atoms with E-state index < -0.39 is 64.6 Å². The lowest BCUT2D eigenvalue weighted by Crippen LogP contribution is -2.37. The van der Waals surface area contributed by atoms with Gasteiger partial charge in [-0.1, -0.05) is 11.6 Å². The van der Waals surface area contributed by atoms with Gasteiger partial charge in [-0.15, -0.1) is 5.10 Å². The van der Waals surface area contributed by atoms with Crippen LogP contribution in [-0.2, 0) is 4.79 Å². The highest BCUT2D eigenvalue weighted by molar-refractivity contribution is 6.06. The number of ketones is 1. The first-order valence-corrected chi connectivity index (χ1v) is 9.79. The standard InChI is InChI=1S/C20H18F4N4O4/c1-10(17(29)12(9-25)20(30)28-8-7-26-27-28)31-18-13(21)15(23)19(16(24)14(18)22)32-11-5-3-2-4-6-11/h7-8,10-12H,2-6H2,1H3. The number of hydrogen-bond acceptors (Lipinski definition) is 7. The fraction of sp³-hybridized carbons (Fsp3) is 0.450. The fourth-order valence-electron chi connectivity index (χ4n) is 3.32. The largest absolute Gasteiger partial charge is 0.484 e. The lowest BCUT2D eigenvalue weighted by molar-refractivity contribution is -0.126. The summed E-state index contributed by atoms with van der Waals surface area (Å²) in [6.45, 7) is 0.975. The monoisotopic (exact) mass is 454 g/mol. The van der Waals surface area contributed by atoms with E-state index >= 15 is 0 Å². The summed E-state index contributed by atoms with van der Waals surface area (Å²) in [6.07, 6.45) is 3.24. The molecule has 1 saturated carbocycles. The lowest BCUT2D eigenvalue weighted by Gasteiger charge is -2.24. The molecule has 1 aliphatic carbocycles. The summed E-state index contributed by atoms with van der Waals surface area (Å²) in [4.78, 5) is 24.6. The summed E-state index contributed by atoms with van der Waals surface area (Å²) < 4.78 is 68.5. The number of nitriles is 1. The van der Waals surface area contributed by atoms with Crippen LogP contribution in [0.1, 0.15) is 43.8 Å². The number of aromatic nitrogens is 3. The molecule has 1 aromatic carbocycles. The predicted octanol–water partition coefficient (Wildman–Crippen LogP) is 3.36. The summed E-state index contributed by atoms with van der Waals surface area (Å²) in [5, 5.41) is 15.9. The van der Waals surface area contributed by atoms with Gasteiger partial charge in [-0.05, 0) is 32.6 Å². The van der Waals surface area contributed by atoms with E-state index in [9.17, 15) is 32.4 Å². The SMILES string of the molecule is CC(Oc1c(F)c(F)c(OC2CCCCC2)c(F)c1F)C(=O)C(C#N)C(=O)n1ccnn1. The maximum atomic E-state index is 14.5. The second-order valence-corrected chi connectivity index (χ2v) is 7.20. The van der Waals surface area contributed by atoms with Crippen LogP contribution in [0.25, 0.3) is 0 Å². The zero-order chi connectivity index (χ0) is 23.4. The van der Waals surface area contributed by atoms with E-state index in [1.54, 1.807) is 0 Å². The minimum Gasteiger partial charge on any atom is -0.484 e. The van der Waals surface area contributed by atoms with Crippen LogP contribution in [0, 0.1) is 40.5 Å². The van der Waals surface area contributed by atoms with E-state index in [0.717, 1.165) is 38.6 Å². The van der Waals surface area contributed by atoms with Crippen molar-refractivity contribution >= 4 is 11.7 Å². The Hall–Kier alpha value is -3.49. The van der Waals surface area contributed by atoms with Crippen LogP contribution >= 0.6 is 0 Å². The third-order valence-corrected chi connectivity index (χ3v) is 5.02. The highest BCUT2D eigenvalue weighted by Crippen LogP contribution is 2.37. The maximum absolute atomic E-state index is 14.5. The molecule has 12 heteroatoms. The van der Waals surface area contributed by atoms with Gasteiger partial charge >= 0.3 is 0 Å². The molecule has 0 spiro atoms. The summed E-state index contributed by atoms with van der Waals surface area (Å²) in [5.74, 6) is -14.3. The molecular formula is C20H18F4N4O4. The van der Waals surface area contributed by atoms with Crippen molar-refractivity contribution in [1.82, 2.24) is 15.0 Å². The molecule has 0 N–H and O–H groups in total. The quantitative estimate of drug-likeness (QED) is 0.359. The number of carbonyl (C=O) groups is 2. The summed E-state index contributed by atoms with van der Waals surface area (Å²) in [5.41, 5.74) is 0. The second kappa shape index (κ2) is 9.76. The average molecular weight is 454 g/mol. The Morgan fingerprint density at radius 2 is 1.69 bits per heavy atom. The third kappa shape index (κ3) is 4.56. The molecule has 0 radical (unpaired) electrons. The van der Waals surface area contributed by atoms with Crippen LogP contribution in [0.15, 0.2) is 12.4 Å². The average Bonchev–Trinajstić information content (AvgIpc) is 3.34. The molecule has 1 aliphatic rings. The first-order valence-electron chi connectivity index (χ1n) is 9.79. The molecule has 2 unspecified atom stereocenters. The molecule has 1 aromatic heterocycles. The van der Waals surface area contributed by atoms with Gasteiger partial charge in [0, 0.05) is 0 Å². The number of hydrogen-bond donors (Lipinski definition) is 0. The third-order valence-electron chi connectivity index (χ3n) is 5.02. The Bertz CT molecular complexity index is 1020. The molecule has 0 amide bonds. The Kier molecular flexibility index (Phi) is 7.07. The molecule has 0 aliphatic heterocycles. The van der Waals surface area contributed by atoms with Crippen LogP contribution < -0.4 is 9.47 Å². The lowest BCUT2D eigenvalue weighted by atomic mass is 9.98. The first-order chi connectivity index (χ1) is 15.3. The van der Waals surface area contributed by atoms with Gasteiger partial charge in [0.25, 0.3) is 5.91 Å². The van der Waals surface area contributed by atoms with Crippen molar-refractivity contribution in [2.24, 2.45) is 5.92 Å². The molecule has 0 bridgehead atoms. The fourth-order valence-corrected chi connectivity index (χ4v) is 3.32. The Labute approximate surface area is 179 Å².